The number of hydrogen-bond donors (Lipinski definition) is 2. The van der Waals surface area contributed by atoms with Gasteiger partial charge in [-0.3, -0.25) is 0 Å². The molecule has 3 N–H and O–H groups in total. The molecule has 0 aromatic rings. The summed E-state index contributed by atoms with van der Waals surface area (Å²) in [6, 6.07) is 0.323. The number of carboxylic acid groups (broad SMARTS) is 1. The maximum absolute atomic E-state index is 10.1. The minimum atomic E-state index is -1.18. The van der Waals surface area contributed by atoms with Gasteiger partial charge in [-0.1, -0.05) is 0 Å². The summed E-state index contributed by atoms with van der Waals surface area (Å²) in [5.74, 6) is 0.461. The lowest BCUT2D eigenvalue weighted by molar-refractivity contribution is -0.251. The lowest BCUT2D eigenvalue weighted by atomic mass is 9.86. The lowest BCUT2D eigenvalue weighted by Crippen LogP contribution is -2.40. The molecule has 12 heavy (non-hydrogen) atoms. The van der Waals surface area contributed by atoms with E-state index in [1.165, 1.54) is 0 Å². The Morgan fingerprint density at radius 2 is 2.00 bits per heavy atom. The Kier molecular flexibility index (Phi) is 3.34. The van der Waals surface area contributed by atoms with Crippen molar-refractivity contribution in [1.29, 1.82) is 0 Å². The molecule has 0 bridgehead atoms. The van der Waals surface area contributed by atoms with E-state index in [0.717, 1.165) is 25.7 Å². The van der Waals surface area contributed by atoms with Crippen molar-refractivity contribution in [3.05, 3.63) is 0 Å². The summed E-state index contributed by atoms with van der Waals surface area (Å²) in [7, 11) is 0. The molecule has 0 aromatic heterocycles. The molecule has 0 aliphatic heterocycles. The summed E-state index contributed by atoms with van der Waals surface area (Å²) >= 11 is 0. The zero-order valence-corrected chi connectivity index (χ0v) is 7.08. The van der Waals surface area contributed by atoms with Gasteiger partial charge in [0.15, 0.2) is 0 Å². The van der Waals surface area contributed by atoms with E-state index in [4.69, 9.17) is 5.73 Å². The zero-order chi connectivity index (χ0) is 8.97. The normalized spacial score (nSPS) is 29.8. The van der Waals surface area contributed by atoms with Crippen LogP contribution in [-0.4, -0.2) is 18.7 Å². The summed E-state index contributed by atoms with van der Waals surface area (Å²) in [6.07, 6.45) is 2.91. The highest BCUT2D eigenvalue weighted by molar-refractivity contribution is 5.61. The Labute approximate surface area is 72.1 Å². The number of hydrogen-bond acceptors (Lipinski definition) is 3. The van der Waals surface area contributed by atoms with Crippen molar-refractivity contribution in [3.8, 4) is 0 Å². The Hall–Kier alpha value is -0.770. The van der Waals surface area contributed by atoms with Crippen LogP contribution in [0.2, 0.25) is 0 Å². The minimum Gasteiger partial charge on any atom is -0.530 e. The van der Waals surface area contributed by atoms with Crippen LogP contribution in [-0.2, 0) is 0 Å². The smallest absolute Gasteiger partial charge is 0.134 e. The van der Waals surface area contributed by atoms with Crippen molar-refractivity contribution in [2.45, 2.75) is 31.7 Å². The van der Waals surface area contributed by atoms with E-state index in [9.17, 15) is 9.90 Å². The predicted octanol–water partition coefficient (Wildman–Crippen LogP) is -0.563. The molecule has 70 valence electrons. The largest absolute Gasteiger partial charge is 0.530 e. The average Bonchev–Trinajstić information content (AvgIpc) is 2.03. The highest BCUT2D eigenvalue weighted by Crippen LogP contribution is 2.22. The van der Waals surface area contributed by atoms with E-state index in [2.05, 4.69) is 5.32 Å². The molecule has 0 spiro atoms. The second-order valence-electron chi connectivity index (χ2n) is 3.45. The van der Waals surface area contributed by atoms with Crippen LogP contribution >= 0.6 is 0 Å². The molecular formula is C8H15N2O2-. The van der Waals surface area contributed by atoms with Crippen LogP contribution < -0.4 is 16.2 Å². The van der Waals surface area contributed by atoms with Crippen molar-refractivity contribution in [3.63, 3.8) is 0 Å². The summed E-state index contributed by atoms with van der Waals surface area (Å²) in [5.41, 5.74) is 5.70. The molecule has 1 fully saturated rings. The van der Waals surface area contributed by atoms with E-state index in [0.29, 0.717) is 18.5 Å². The third-order valence-electron chi connectivity index (χ3n) is 2.43. The molecule has 0 aromatic carbocycles. The van der Waals surface area contributed by atoms with Gasteiger partial charge in [0, 0.05) is 12.6 Å². The van der Waals surface area contributed by atoms with Gasteiger partial charge in [0.05, 0.1) is 0 Å². The van der Waals surface area contributed by atoms with E-state index >= 15 is 0 Å². The molecule has 4 nitrogen and oxygen atoms in total. The van der Waals surface area contributed by atoms with Gasteiger partial charge in [-0.15, -0.1) is 0 Å². The first kappa shape index (κ1) is 9.32. The third-order valence-corrected chi connectivity index (χ3v) is 2.43. The first-order chi connectivity index (χ1) is 5.68. The molecule has 1 amide bonds. The van der Waals surface area contributed by atoms with Gasteiger partial charge in [-0.25, -0.2) is 0 Å². The van der Waals surface area contributed by atoms with Gasteiger partial charge < -0.3 is 21.0 Å². The number of nitrogens with one attached hydrogen (secondary N) is 1. The summed E-state index contributed by atoms with van der Waals surface area (Å²) in [4.78, 5) is 10.1. The van der Waals surface area contributed by atoms with Crippen molar-refractivity contribution < 1.29 is 9.90 Å². The molecular weight excluding hydrogens is 156 g/mol. The molecule has 0 saturated heterocycles. The number of amides is 1. The molecule has 0 heterocycles. The first-order valence-electron chi connectivity index (χ1n) is 4.39. The summed E-state index contributed by atoms with van der Waals surface area (Å²) in [5, 5.41) is 12.4. The summed E-state index contributed by atoms with van der Waals surface area (Å²) in [6.45, 7) is 0.523. The van der Waals surface area contributed by atoms with Gasteiger partial charge in [-0.2, -0.15) is 0 Å². The predicted molar refractivity (Wildman–Crippen MR) is 43.3 cm³/mol. The quantitative estimate of drug-likeness (QED) is 0.584. The monoisotopic (exact) mass is 171 g/mol. The molecule has 1 rings (SSSR count). The Bertz CT molecular complexity index is 153. The molecule has 1 saturated carbocycles. The molecule has 1 aliphatic carbocycles. The topological polar surface area (TPSA) is 78.2 Å². The minimum absolute atomic E-state index is 0.323. The highest BCUT2D eigenvalue weighted by Gasteiger charge is 2.17. The maximum Gasteiger partial charge on any atom is 0.134 e. The van der Waals surface area contributed by atoms with Crippen molar-refractivity contribution in [2.75, 3.05) is 6.54 Å². The van der Waals surface area contributed by atoms with Crippen molar-refractivity contribution in [1.82, 2.24) is 5.32 Å². The highest BCUT2D eigenvalue weighted by atomic mass is 16.4. The second kappa shape index (κ2) is 4.30. The fourth-order valence-corrected chi connectivity index (χ4v) is 1.62. The standard InChI is InChI=1S/C8H16N2O2/c9-7-3-1-6(2-4-7)5-10-8(11)12/h6-7,10H,1-5,9H2,(H,11,12)/p-1. The number of rotatable bonds is 2. The van der Waals surface area contributed by atoms with Gasteiger partial charge in [0.1, 0.15) is 6.09 Å². The number of carbonyl (C=O) groups excluding carboxylic acids is 1. The Morgan fingerprint density at radius 3 is 2.50 bits per heavy atom. The molecule has 0 radical (unpaired) electrons. The molecule has 4 heteroatoms. The van der Waals surface area contributed by atoms with E-state index < -0.39 is 6.09 Å². The van der Waals surface area contributed by atoms with E-state index in [1.54, 1.807) is 0 Å². The summed E-state index contributed by atoms with van der Waals surface area (Å²) < 4.78 is 0. The second-order valence-corrected chi connectivity index (χ2v) is 3.45. The third kappa shape index (κ3) is 3.09. The van der Waals surface area contributed by atoms with Crippen LogP contribution in [0.4, 0.5) is 4.79 Å². The SMILES string of the molecule is NC1CCC(CNC(=O)[O-])CC1. The molecule has 0 atom stereocenters. The van der Waals surface area contributed by atoms with Gasteiger partial charge in [0.25, 0.3) is 0 Å². The number of carbonyl (C=O) groups is 1. The Morgan fingerprint density at radius 1 is 1.42 bits per heavy atom. The molecule has 0 unspecified atom stereocenters. The van der Waals surface area contributed by atoms with Gasteiger partial charge >= 0.3 is 0 Å². The zero-order valence-electron chi connectivity index (χ0n) is 7.08. The van der Waals surface area contributed by atoms with Crippen LogP contribution in [0.5, 0.6) is 0 Å². The fraction of sp³-hybridized carbons (Fsp3) is 0.875. The van der Waals surface area contributed by atoms with Gasteiger partial charge in [0.2, 0.25) is 0 Å². The van der Waals surface area contributed by atoms with E-state index in [-0.39, 0.29) is 0 Å². The average molecular weight is 171 g/mol. The van der Waals surface area contributed by atoms with Crippen molar-refractivity contribution in [2.24, 2.45) is 11.7 Å². The van der Waals surface area contributed by atoms with Crippen molar-refractivity contribution >= 4 is 6.09 Å². The van der Waals surface area contributed by atoms with Gasteiger partial charge in [-0.05, 0) is 31.6 Å². The van der Waals surface area contributed by atoms with Crippen LogP contribution in [0, 0.1) is 5.92 Å². The first-order valence-corrected chi connectivity index (χ1v) is 4.39. The van der Waals surface area contributed by atoms with Crippen LogP contribution in [0.25, 0.3) is 0 Å². The van der Waals surface area contributed by atoms with Crippen LogP contribution in [0.3, 0.4) is 0 Å². The fourth-order valence-electron chi connectivity index (χ4n) is 1.62. The molecule has 1 aliphatic rings. The lowest BCUT2D eigenvalue weighted by Gasteiger charge is -2.26. The van der Waals surface area contributed by atoms with Crippen LogP contribution in [0.15, 0.2) is 0 Å². The van der Waals surface area contributed by atoms with Crippen LogP contribution in [0.1, 0.15) is 25.7 Å². The Balaban J connectivity index is 2.13. The van der Waals surface area contributed by atoms with E-state index in [1.807, 2.05) is 0 Å². The number of nitrogens with two attached hydrogens (primary N) is 1. The maximum atomic E-state index is 10.1.